The summed E-state index contributed by atoms with van der Waals surface area (Å²) in [5.74, 6) is -1.04. The number of rotatable bonds is 6. The van der Waals surface area contributed by atoms with E-state index in [9.17, 15) is 25.0 Å². The Morgan fingerprint density at radius 3 is 2.45 bits per heavy atom. The molecule has 3 rings (SSSR count). The number of aromatic nitrogens is 1. The van der Waals surface area contributed by atoms with Crippen molar-refractivity contribution in [3.05, 3.63) is 97.9 Å². The molecule has 0 amide bonds. The number of carbonyl (C=O) groups is 2. The molecule has 0 aliphatic carbocycles. The van der Waals surface area contributed by atoms with Crippen molar-refractivity contribution < 1.29 is 19.2 Å². The Bertz CT molecular complexity index is 1360. The van der Waals surface area contributed by atoms with E-state index in [4.69, 9.17) is 4.74 Å². The Kier molecular flexibility index (Phi) is 6.54. The minimum atomic E-state index is -0.602. The number of hydrogen-bond donors (Lipinski definition) is 0. The number of carbonyl (C=O) groups excluding carboxylic acids is 2. The van der Waals surface area contributed by atoms with E-state index in [1.54, 1.807) is 12.1 Å². The summed E-state index contributed by atoms with van der Waals surface area (Å²) in [6.07, 6.45) is 1.47. The quantitative estimate of drug-likeness (QED) is 0.134. The number of aryl methyl sites for hydroxylation is 1. The molecule has 0 aliphatic rings. The van der Waals surface area contributed by atoms with Crippen molar-refractivity contribution in [1.82, 2.24) is 4.57 Å². The molecule has 0 spiro atoms. The van der Waals surface area contributed by atoms with Crippen LogP contribution in [-0.4, -0.2) is 28.4 Å². The monoisotopic (exact) mass is 443 g/mol. The third kappa shape index (κ3) is 4.43. The maximum Gasteiger partial charge on any atom is 0.338 e. The molecule has 0 saturated carbocycles. The average molecular weight is 443 g/mol. The molecule has 8 nitrogen and oxygen atoms in total. The molecule has 0 bridgehead atoms. The highest BCUT2D eigenvalue weighted by Gasteiger charge is 2.19. The molecule has 0 atom stereocenters. The van der Waals surface area contributed by atoms with Crippen LogP contribution in [0, 0.1) is 42.2 Å². The summed E-state index contributed by atoms with van der Waals surface area (Å²) >= 11 is 0. The molecule has 0 aliphatic heterocycles. The number of esters is 1. The topological polar surface area (TPSA) is 115 Å². The van der Waals surface area contributed by atoms with Gasteiger partial charge in [0.2, 0.25) is 5.78 Å². The van der Waals surface area contributed by atoms with Gasteiger partial charge in [0, 0.05) is 34.8 Å². The summed E-state index contributed by atoms with van der Waals surface area (Å²) in [4.78, 5) is 35.4. The van der Waals surface area contributed by atoms with Gasteiger partial charge in [0.1, 0.15) is 11.6 Å². The van der Waals surface area contributed by atoms with Crippen molar-refractivity contribution in [3.63, 3.8) is 0 Å². The van der Waals surface area contributed by atoms with Crippen LogP contribution in [0.4, 0.5) is 5.69 Å². The van der Waals surface area contributed by atoms with Gasteiger partial charge in [-0.05, 0) is 56.2 Å². The molecule has 0 saturated heterocycles. The minimum Gasteiger partial charge on any atom is -0.465 e. The molecular weight excluding hydrogens is 422 g/mol. The number of ketones is 1. The number of hydrogen-bond acceptors (Lipinski definition) is 6. The van der Waals surface area contributed by atoms with Gasteiger partial charge >= 0.3 is 5.97 Å². The van der Waals surface area contributed by atoms with Crippen LogP contribution in [0.3, 0.4) is 0 Å². The fourth-order valence-corrected chi connectivity index (χ4v) is 3.72. The van der Waals surface area contributed by atoms with Crippen molar-refractivity contribution in [2.75, 3.05) is 7.11 Å². The van der Waals surface area contributed by atoms with Gasteiger partial charge in [0.25, 0.3) is 5.69 Å². The van der Waals surface area contributed by atoms with Gasteiger partial charge in [-0.15, -0.1) is 0 Å². The van der Waals surface area contributed by atoms with Gasteiger partial charge in [-0.25, -0.2) is 4.79 Å². The van der Waals surface area contributed by atoms with E-state index in [1.807, 2.05) is 43.5 Å². The summed E-state index contributed by atoms with van der Waals surface area (Å²) in [5, 5.41) is 20.6. The fourth-order valence-electron chi connectivity index (χ4n) is 3.72. The van der Waals surface area contributed by atoms with Crippen molar-refractivity contribution in [2.45, 2.75) is 20.8 Å². The van der Waals surface area contributed by atoms with Crippen molar-refractivity contribution in [3.8, 4) is 11.8 Å². The number of non-ortho nitro benzene ring substituents is 1. The van der Waals surface area contributed by atoms with E-state index in [2.05, 4.69) is 0 Å². The molecule has 2 aromatic carbocycles. The Morgan fingerprint density at radius 1 is 1.12 bits per heavy atom. The molecule has 8 heteroatoms. The van der Waals surface area contributed by atoms with Crippen LogP contribution in [-0.2, 0) is 4.74 Å². The molecule has 0 radical (unpaired) electrons. The Balaban J connectivity index is 2.08. The normalized spacial score (nSPS) is 11.1. The standard InChI is InChI=1S/C25H21N3O5/c1-15-11-19(12-20(14-26)24(29)18-7-5-8-21(13-18)28(31)32)17(3)27(15)23-10-6-9-22(16(23)2)25(30)33-4/h5-13H,1-4H3/b20-12-. The van der Waals surface area contributed by atoms with Gasteiger partial charge in [0.05, 0.1) is 17.6 Å². The van der Waals surface area contributed by atoms with Crippen molar-refractivity contribution in [2.24, 2.45) is 0 Å². The lowest BCUT2D eigenvalue weighted by atomic mass is 10.0. The van der Waals surface area contributed by atoms with E-state index in [-0.39, 0.29) is 16.8 Å². The number of ether oxygens (including phenoxy) is 1. The van der Waals surface area contributed by atoms with Crippen LogP contribution in [0.15, 0.2) is 54.1 Å². The zero-order valence-electron chi connectivity index (χ0n) is 18.6. The summed E-state index contributed by atoms with van der Waals surface area (Å²) in [7, 11) is 1.32. The highest BCUT2D eigenvalue weighted by molar-refractivity contribution is 6.14. The molecular formula is C25H21N3O5. The number of allylic oxidation sites excluding steroid dienone is 1. The second-order valence-corrected chi connectivity index (χ2v) is 7.41. The number of nitro groups is 1. The molecule has 3 aromatic rings. The Hall–Kier alpha value is -4.51. The minimum absolute atomic E-state index is 0.0624. The van der Waals surface area contributed by atoms with Gasteiger partial charge in [-0.2, -0.15) is 5.26 Å². The largest absolute Gasteiger partial charge is 0.465 e. The zero-order valence-corrected chi connectivity index (χ0v) is 18.6. The summed E-state index contributed by atoms with van der Waals surface area (Å²) in [6, 6.07) is 14.3. The molecule has 0 N–H and O–H groups in total. The molecule has 1 heterocycles. The number of nitro benzene ring substituents is 1. The predicted octanol–water partition coefficient (Wildman–Crippen LogP) is 4.89. The lowest BCUT2D eigenvalue weighted by Gasteiger charge is -2.15. The molecule has 33 heavy (non-hydrogen) atoms. The van der Waals surface area contributed by atoms with Gasteiger partial charge in [-0.3, -0.25) is 14.9 Å². The van der Waals surface area contributed by atoms with E-state index < -0.39 is 16.7 Å². The first-order valence-electron chi connectivity index (χ1n) is 9.97. The van der Waals surface area contributed by atoms with Crippen molar-refractivity contribution >= 4 is 23.5 Å². The van der Waals surface area contributed by atoms with Gasteiger partial charge in [0.15, 0.2) is 0 Å². The second-order valence-electron chi connectivity index (χ2n) is 7.41. The highest BCUT2D eigenvalue weighted by atomic mass is 16.6. The lowest BCUT2D eigenvalue weighted by molar-refractivity contribution is -0.384. The van der Waals surface area contributed by atoms with Crippen LogP contribution in [0.2, 0.25) is 0 Å². The van der Waals surface area contributed by atoms with E-state index in [0.29, 0.717) is 11.1 Å². The summed E-state index contributed by atoms with van der Waals surface area (Å²) < 4.78 is 6.79. The maximum absolute atomic E-state index is 12.9. The number of Topliss-reactive ketones (excluding diaryl/α,β-unsaturated/α-hetero) is 1. The van der Waals surface area contributed by atoms with Gasteiger partial charge < -0.3 is 9.30 Å². The number of nitriles is 1. The molecule has 1 aromatic heterocycles. The van der Waals surface area contributed by atoms with Crippen LogP contribution in [0.25, 0.3) is 11.8 Å². The molecule has 166 valence electrons. The van der Waals surface area contributed by atoms with Crippen LogP contribution in [0.1, 0.15) is 43.2 Å². The summed E-state index contributed by atoms with van der Waals surface area (Å²) in [5.41, 5.74) is 3.89. The van der Waals surface area contributed by atoms with E-state index >= 15 is 0 Å². The zero-order chi connectivity index (χ0) is 24.3. The molecule has 0 fully saturated rings. The third-order valence-corrected chi connectivity index (χ3v) is 5.41. The highest BCUT2D eigenvalue weighted by Crippen LogP contribution is 2.27. The number of benzene rings is 2. The Morgan fingerprint density at radius 2 is 1.82 bits per heavy atom. The predicted molar refractivity (Wildman–Crippen MR) is 122 cm³/mol. The smallest absolute Gasteiger partial charge is 0.338 e. The Labute approximate surface area is 190 Å². The van der Waals surface area contributed by atoms with Crippen LogP contribution >= 0.6 is 0 Å². The van der Waals surface area contributed by atoms with Crippen LogP contribution < -0.4 is 0 Å². The summed E-state index contributed by atoms with van der Waals surface area (Å²) in [6.45, 7) is 5.54. The SMILES string of the molecule is COC(=O)c1cccc(-n2c(C)cc(/C=C(/C#N)C(=O)c3cccc([N+](=O)[O-])c3)c2C)c1C. The first-order chi connectivity index (χ1) is 15.7. The van der Waals surface area contributed by atoms with E-state index in [0.717, 1.165) is 28.7 Å². The van der Waals surface area contributed by atoms with E-state index in [1.165, 1.54) is 31.4 Å². The van der Waals surface area contributed by atoms with Gasteiger partial charge in [-0.1, -0.05) is 18.2 Å². The number of methoxy groups -OCH3 is 1. The average Bonchev–Trinajstić information content (AvgIpc) is 3.09. The first kappa shape index (κ1) is 23.2. The number of nitrogens with zero attached hydrogens (tertiary/aromatic N) is 3. The van der Waals surface area contributed by atoms with Crippen molar-refractivity contribution in [1.29, 1.82) is 5.26 Å². The lowest BCUT2D eigenvalue weighted by Crippen LogP contribution is -2.08. The molecule has 0 unspecified atom stereocenters. The third-order valence-electron chi connectivity index (χ3n) is 5.41. The maximum atomic E-state index is 12.9. The first-order valence-corrected chi connectivity index (χ1v) is 9.97. The van der Waals surface area contributed by atoms with Crippen LogP contribution in [0.5, 0.6) is 0 Å². The fraction of sp³-hybridized carbons (Fsp3) is 0.160. The second kappa shape index (κ2) is 9.32.